The standard InChI is InChI=1S/C22H29N3O3S/c23-21-15-28-22-9-8-18(25-13-17(14-25)7-4-10-24-29(26)27)12-20(22)19(21)11-16-5-2-1-3-6-16/h1-3,5-6,8-9,12,17,19,21,29H,4,7,10-11,13-15,23H2,(H,24,26,27). The van der Waals surface area contributed by atoms with Crippen LogP contribution in [0.4, 0.5) is 5.69 Å². The van der Waals surface area contributed by atoms with Crippen LogP contribution in [-0.4, -0.2) is 40.7 Å². The third-order valence-electron chi connectivity index (χ3n) is 5.99. The molecule has 4 rings (SSSR count). The predicted octanol–water partition coefficient (Wildman–Crippen LogP) is 2.07. The Morgan fingerprint density at radius 3 is 2.69 bits per heavy atom. The Hall–Kier alpha value is -2.09. The van der Waals surface area contributed by atoms with Gasteiger partial charge in [0.05, 0.1) is 0 Å². The van der Waals surface area contributed by atoms with Crippen molar-refractivity contribution in [1.29, 1.82) is 0 Å². The molecule has 7 heteroatoms. The van der Waals surface area contributed by atoms with E-state index in [9.17, 15) is 8.42 Å². The summed E-state index contributed by atoms with van der Waals surface area (Å²) in [5.41, 5.74) is 10.2. The first kappa shape index (κ1) is 20.2. The smallest absolute Gasteiger partial charge is 0.201 e. The van der Waals surface area contributed by atoms with Crippen LogP contribution in [0.3, 0.4) is 0 Å². The fourth-order valence-electron chi connectivity index (χ4n) is 4.34. The van der Waals surface area contributed by atoms with Crippen LogP contribution in [-0.2, 0) is 17.3 Å². The van der Waals surface area contributed by atoms with E-state index in [2.05, 4.69) is 52.1 Å². The van der Waals surface area contributed by atoms with E-state index in [-0.39, 0.29) is 12.0 Å². The molecule has 2 unspecified atom stereocenters. The number of nitrogens with one attached hydrogen (secondary N) is 1. The summed E-state index contributed by atoms with van der Waals surface area (Å²) in [7, 11) is -2.48. The number of nitrogens with zero attached hydrogens (tertiary/aromatic N) is 1. The summed E-state index contributed by atoms with van der Waals surface area (Å²) in [4.78, 5) is 2.38. The SMILES string of the molecule is NC1COc2ccc(N3CC(CCCN[SH](=O)=O)C3)cc2C1Cc1ccccc1. The van der Waals surface area contributed by atoms with Crippen molar-refractivity contribution >= 4 is 16.6 Å². The van der Waals surface area contributed by atoms with Gasteiger partial charge in [0, 0.05) is 42.8 Å². The number of hydrogen-bond donors (Lipinski definition) is 3. The monoisotopic (exact) mass is 415 g/mol. The fraction of sp³-hybridized carbons (Fsp3) is 0.455. The maximum atomic E-state index is 10.5. The van der Waals surface area contributed by atoms with Crippen LogP contribution in [0.1, 0.15) is 29.9 Å². The van der Waals surface area contributed by atoms with E-state index in [0.29, 0.717) is 19.1 Å². The molecule has 1 saturated heterocycles. The average Bonchev–Trinajstić information content (AvgIpc) is 2.69. The van der Waals surface area contributed by atoms with Gasteiger partial charge in [-0.1, -0.05) is 30.3 Å². The van der Waals surface area contributed by atoms with E-state index in [0.717, 1.165) is 38.1 Å². The molecule has 2 aliphatic heterocycles. The van der Waals surface area contributed by atoms with Crippen molar-refractivity contribution in [2.45, 2.75) is 31.2 Å². The molecule has 3 N–H and O–H groups in total. The van der Waals surface area contributed by atoms with E-state index < -0.39 is 10.9 Å². The Morgan fingerprint density at radius 1 is 1.14 bits per heavy atom. The summed E-state index contributed by atoms with van der Waals surface area (Å²) in [5, 5.41) is 0. The van der Waals surface area contributed by atoms with Gasteiger partial charge in [-0.15, -0.1) is 0 Å². The molecule has 6 nitrogen and oxygen atoms in total. The zero-order valence-electron chi connectivity index (χ0n) is 16.5. The second-order valence-corrected chi connectivity index (χ2v) is 8.90. The summed E-state index contributed by atoms with van der Waals surface area (Å²) < 4.78 is 29.5. The number of nitrogens with two attached hydrogens (primary N) is 1. The molecule has 2 aromatic carbocycles. The quantitative estimate of drug-likeness (QED) is 0.454. The van der Waals surface area contributed by atoms with Gasteiger partial charge in [0.25, 0.3) is 0 Å². The minimum atomic E-state index is -2.48. The Balaban J connectivity index is 1.40. The molecule has 0 bridgehead atoms. The van der Waals surface area contributed by atoms with E-state index in [1.807, 2.05) is 6.07 Å². The highest BCUT2D eigenvalue weighted by Gasteiger charge is 2.31. The van der Waals surface area contributed by atoms with Crippen LogP contribution in [0.25, 0.3) is 0 Å². The molecule has 1 fully saturated rings. The van der Waals surface area contributed by atoms with Gasteiger partial charge in [-0.25, -0.2) is 13.1 Å². The Bertz CT molecular complexity index is 889. The van der Waals surface area contributed by atoms with Crippen molar-refractivity contribution in [3.63, 3.8) is 0 Å². The van der Waals surface area contributed by atoms with Gasteiger partial charge in [-0.05, 0) is 48.9 Å². The molecule has 0 aliphatic carbocycles. The number of benzene rings is 2. The summed E-state index contributed by atoms with van der Waals surface area (Å²) in [6, 6.07) is 16.9. The first-order chi connectivity index (χ1) is 14.1. The lowest BCUT2D eigenvalue weighted by Gasteiger charge is -2.42. The third-order valence-corrected chi connectivity index (χ3v) is 6.47. The average molecular weight is 416 g/mol. The van der Waals surface area contributed by atoms with E-state index in [1.54, 1.807) is 0 Å². The van der Waals surface area contributed by atoms with Crippen molar-refractivity contribution in [3.05, 3.63) is 59.7 Å². The van der Waals surface area contributed by atoms with E-state index >= 15 is 0 Å². The molecule has 2 aliphatic rings. The van der Waals surface area contributed by atoms with Gasteiger partial charge in [0.1, 0.15) is 12.4 Å². The van der Waals surface area contributed by atoms with Gasteiger partial charge in [0.15, 0.2) is 0 Å². The van der Waals surface area contributed by atoms with E-state index in [4.69, 9.17) is 10.5 Å². The molecule has 0 spiro atoms. The van der Waals surface area contributed by atoms with Crippen LogP contribution in [0.15, 0.2) is 48.5 Å². The molecule has 156 valence electrons. The fourth-order valence-corrected chi connectivity index (χ4v) is 4.68. The number of thiol groups is 1. The minimum Gasteiger partial charge on any atom is -0.492 e. The molecule has 0 aromatic heterocycles. The van der Waals surface area contributed by atoms with Crippen molar-refractivity contribution in [2.24, 2.45) is 11.7 Å². The minimum absolute atomic E-state index is 0.0119. The molecular formula is C22H29N3O3S. The first-order valence-electron chi connectivity index (χ1n) is 10.3. The highest BCUT2D eigenvalue weighted by molar-refractivity contribution is 7.70. The summed E-state index contributed by atoms with van der Waals surface area (Å²) in [5.74, 6) is 1.82. The van der Waals surface area contributed by atoms with Crippen LogP contribution in [0.5, 0.6) is 5.75 Å². The number of ether oxygens (including phenoxy) is 1. The van der Waals surface area contributed by atoms with Gasteiger partial charge in [0.2, 0.25) is 10.9 Å². The summed E-state index contributed by atoms with van der Waals surface area (Å²) >= 11 is 0. The normalized spacial score (nSPS) is 21.5. The van der Waals surface area contributed by atoms with Gasteiger partial charge in [-0.3, -0.25) is 0 Å². The highest BCUT2D eigenvalue weighted by atomic mass is 32.2. The zero-order valence-corrected chi connectivity index (χ0v) is 17.4. The molecule has 29 heavy (non-hydrogen) atoms. The maximum Gasteiger partial charge on any atom is 0.201 e. The van der Waals surface area contributed by atoms with Crippen LogP contribution < -0.4 is 20.1 Å². The van der Waals surface area contributed by atoms with Gasteiger partial charge in [-0.2, -0.15) is 0 Å². The van der Waals surface area contributed by atoms with Crippen molar-refractivity contribution in [3.8, 4) is 5.75 Å². The second kappa shape index (κ2) is 9.15. The molecular weight excluding hydrogens is 386 g/mol. The number of hydrogen-bond acceptors (Lipinski definition) is 5. The van der Waals surface area contributed by atoms with Crippen molar-refractivity contribution < 1.29 is 13.2 Å². The molecule has 0 radical (unpaired) electrons. The molecule has 2 aromatic rings. The topological polar surface area (TPSA) is 84.7 Å². The molecule has 2 heterocycles. The molecule has 2 atom stereocenters. The van der Waals surface area contributed by atoms with Crippen molar-refractivity contribution in [2.75, 3.05) is 31.1 Å². The second-order valence-electron chi connectivity index (χ2n) is 8.07. The Kier molecular flexibility index (Phi) is 6.37. The number of fused-ring (bicyclic) bond motifs is 1. The molecule has 0 amide bonds. The number of rotatable bonds is 8. The van der Waals surface area contributed by atoms with Crippen LogP contribution >= 0.6 is 0 Å². The number of anilines is 1. The van der Waals surface area contributed by atoms with Gasteiger partial charge >= 0.3 is 0 Å². The molecule has 0 saturated carbocycles. The predicted molar refractivity (Wildman–Crippen MR) is 116 cm³/mol. The van der Waals surface area contributed by atoms with E-state index in [1.165, 1.54) is 16.8 Å². The lowest BCUT2D eigenvalue weighted by atomic mass is 9.84. The first-order valence-corrected chi connectivity index (χ1v) is 11.5. The van der Waals surface area contributed by atoms with Crippen LogP contribution in [0, 0.1) is 5.92 Å². The lowest BCUT2D eigenvalue weighted by Crippen LogP contribution is -2.47. The largest absolute Gasteiger partial charge is 0.492 e. The lowest BCUT2D eigenvalue weighted by molar-refractivity contribution is 0.238. The zero-order chi connectivity index (χ0) is 20.2. The van der Waals surface area contributed by atoms with Gasteiger partial charge < -0.3 is 15.4 Å². The summed E-state index contributed by atoms with van der Waals surface area (Å²) in [6.45, 7) is 3.11. The third kappa shape index (κ3) is 4.91. The summed E-state index contributed by atoms with van der Waals surface area (Å²) in [6.07, 6.45) is 2.84. The Morgan fingerprint density at radius 2 is 1.93 bits per heavy atom. The highest BCUT2D eigenvalue weighted by Crippen LogP contribution is 2.39. The van der Waals surface area contributed by atoms with Crippen molar-refractivity contribution in [1.82, 2.24) is 4.72 Å². The maximum absolute atomic E-state index is 10.5. The van der Waals surface area contributed by atoms with Crippen LogP contribution in [0.2, 0.25) is 0 Å². The Labute approximate surface area is 174 Å².